The number of β-lactam (4-membered cyclic amide) rings is 1. The fourth-order valence-corrected chi connectivity index (χ4v) is 3.14. The second-order valence-corrected chi connectivity index (χ2v) is 5.67. The first-order valence-electron chi connectivity index (χ1n) is 5.47. The van der Waals surface area contributed by atoms with Crippen LogP contribution in [-0.4, -0.2) is 40.3 Å². The normalized spacial score (nSPS) is 23.1. The van der Waals surface area contributed by atoms with Crippen molar-refractivity contribution in [2.75, 3.05) is 5.33 Å². The van der Waals surface area contributed by atoms with Gasteiger partial charge < -0.3 is 15.7 Å². The molecule has 102 valence electrons. The van der Waals surface area contributed by atoms with Gasteiger partial charge in [-0.1, -0.05) is 22.0 Å². The number of carboxylic acid groups (broad SMARTS) is 1. The molecule has 8 heteroatoms. The summed E-state index contributed by atoms with van der Waals surface area (Å²) in [6, 6.07) is 2.40. The number of nitrogens with one attached hydrogen (secondary N) is 2. The van der Waals surface area contributed by atoms with Crippen molar-refractivity contribution >= 4 is 45.1 Å². The molecule has 1 aromatic heterocycles. The van der Waals surface area contributed by atoms with Crippen LogP contribution in [0, 0.1) is 0 Å². The molecule has 2 rings (SSSR count). The fourth-order valence-electron chi connectivity index (χ4n) is 1.79. The molecule has 2 amide bonds. The van der Waals surface area contributed by atoms with Crippen LogP contribution in [0.4, 0.5) is 0 Å². The highest BCUT2D eigenvalue weighted by Crippen LogP contribution is 2.22. The van der Waals surface area contributed by atoms with Crippen LogP contribution in [0.25, 0.3) is 0 Å². The van der Waals surface area contributed by atoms with Crippen LogP contribution in [0.5, 0.6) is 0 Å². The van der Waals surface area contributed by atoms with Gasteiger partial charge in [-0.15, -0.1) is 11.3 Å². The van der Waals surface area contributed by atoms with Gasteiger partial charge in [-0.25, -0.2) is 0 Å². The van der Waals surface area contributed by atoms with Gasteiger partial charge in [-0.2, -0.15) is 0 Å². The molecule has 19 heavy (non-hydrogen) atoms. The van der Waals surface area contributed by atoms with Gasteiger partial charge in [0.25, 0.3) is 0 Å². The minimum absolute atomic E-state index is 0.200. The lowest BCUT2D eigenvalue weighted by atomic mass is 9.99. The summed E-state index contributed by atoms with van der Waals surface area (Å²) in [4.78, 5) is 35.0. The highest BCUT2D eigenvalue weighted by molar-refractivity contribution is 9.09. The van der Waals surface area contributed by atoms with E-state index in [2.05, 4.69) is 26.6 Å². The molecule has 6 nitrogen and oxygen atoms in total. The van der Waals surface area contributed by atoms with Gasteiger partial charge in [-0.3, -0.25) is 14.4 Å². The number of carbonyl (C=O) groups excluding carboxylic acids is 2. The molecular weight excluding hydrogens is 336 g/mol. The number of rotatable bonds is 5. The molecule has 0 bridgehead atoms. The van der Waals surface area contributed by atoms with Crippen molar-refractivity contribution in [1.29, 1.82) is 0 Å². The third kappa shape index (κ3) is 2.79. The molecule has 1 aliphatic rings. The first kappa shape index (κ1) is 14.0. The molecule has 1 aliphatic heterocycles. The molecular formula is C11H11BrN2O4S. The zero-order valence-corrected chi connectivity index (χ0v) is 12.0. The maximum atomic E-state index is 12.0. The van der Waals surface area contributed by atoms with Gasteiger partial charge in [-0.05, 0) is 11.4 Å². The van der Waals surface area contributed by atoms with Crippen LogP contribution in [-0.2, 0) is 14.4 Å². The summed E-state index contributed by atoms with van der Waals surface area (Å²) < 4.78 is 0. The zero-order chi connectivity index (χ0) is 14.0. The third-order valence-electron chi connectivity index (χ3n) is 2.81. The second-order valence-electron chi connectivity index (χ2n) is 4.04. The first-order valence-corrected chi connectivity index (χ1v) is 7.47. The number of halogens is 1. The standard InChI is InChI=1S/C11H11BrN2O4S/c12-4-5-8(10(16)13-5)14-9(15)7(11(17)18)6-2-1-3-19-6/h1-3,5,7-8H,4H2,(H,13,16)(H,14,15)(H,17,18). The molecule has 0 spiro atoms. The van der Waals surface area contributed by atoms with Crippen LogP contribution < -0.4 is 10.6 Å². The van der Waals surface area contributed by atoms with Crippen molar-refractivity contribution in [3.8, 4) is 0 Å². The van der Waals surface area contributed by atoms with E-state index >= 15 is 0 Å². The molecule has 3 atom stereocenters. The van der Waals surface area contributed by atoms with E-state index < -0.39 is 23.8 Å². The van der Waals surface area contributed by atoms with Crippen molar-refractivity contribution < 1.29 is 19.5 Å². The van der Waals surface area contributed by atoms with E-state index in [1.807, 2.05) is 0 Å². The Balaban J connectivity index is 2.09. The molecule has 0 aromatic carbocycles. The third-order valence-corrected chi connectivity index (χ3v) is 4.45. The molecule has 1 aromatic rings. The second kappa shape index (κ2) is 5.70. The van der Waals surface area contributed by atoms with Crippen molar-refractivity contribution in [3.05, 3.63) is 22.4 Å². The lowest BCUT2D eigenvalue weighted by molar-refractivity contribution is -0.145. The zero-order valence-electron chi connectivity index (χ0n) is 9.63. The Morgan fingerprint density at radius 3 is 2.79 bits per heavy atom. The highest BCUT2D eigenvalue weighted by Gasteiger charge is 2.41. The summed E-state index contributed by atoms with van der Waals surface area (Å²) in [6.07, 6.45) is 0. The van der Waals surface area contributed by atoms with Crippen LogP contribution in [0.1, 0.15) is 10.8 Å². The average Bonchev–Trinajstić information content (AvgIpc) is 2.86. The van der Waals surface area contributed by atoms with Crippen molar-refractivity contribution in [2.45, 2.75) is 18.0 Å². The lowest BCUT2D eigenvalue weighted by Crippen LogP contribution is -2.70. The molecule has 3 unspecified atom stereocenters. The molecule has 0 radical (unpaired) electrons. The van der Waals surface area contributed by atoms with Gasteiger partial charge in [0.1, 0.15) is 6.04 Å². The van der Waals surface area contributed by atoms with Gasteiger partial charge >= 0.3 is 5.97 Å². The van der Waals surface area contributed by atoms with E-state index in [1.165, 1.54) is 11.3 Å². The maximum absolute atomic E-state index is 12.0. The number of carbonyl (C=O) groups is 3. The van der Waals surface area contributed by atoms with E-state index in [4.69, 9.17) is 5.11 Å². The number of alkyl halides is 1. The number of aliphatic carboxylic acids is 1. The first-order chi connectivity index (χ1) is 9.04. The smallest absolute Gasteiger partial charge is 0.321 e. The summed E-state index contributed by atoms with van der Waals surface area (Å²) in [7, 11) is 0. The van der Waals surface area contributed by atoms with E-state index in [0.29, 0.717) is 10.2 Å². The summed E-state index contributed by atoms with van der Waals surface area (Å²) in [6.45, 7) is 0. The fraction of sp³-hybridized carbons (Fsp3) is 0.364. The maximum Gasteiger partial charge on any atom is 0.321 e. The number of hydrogen-bond acceptors (Lipinski definition) is 4. The predicted molar refractivity (Wildman–Crippen MR) is 72.4 cm³/mol. The van der Waals surface area contributed by atoms with Gasteiger partial charge in [0.05, 0.1) is 6.04 Å². The Hall–Kier alpha value is -1.41. The monoisotopic (exact) mass is 346 g/mol. The van der Waals surface area contributed by atoms with Crippen LogP contribution in [0.2, 0.25) is 0 Å². The Labute approximate surface area is 121 Å². The number of hydrogen-bond donors (Lipinski definition) is 3. The summed E-state index contributed by atoms with van der Waals surface area (Å²) in [5.41, 5.74) is 0. The van der Waals surface area contributed by atoms with Gasteiger partial charge in [0.2, 0.25) is 11.8 Å². The van der Waals surface area contributed by atoms with E-state index in [1.54, 1.807) is 17.5 Å². The lowest BCUT2D eigenvalue weighted by Gasteiger charge is -2.36. The Morgan fingerprint density at radius 2 is 2.32 bits per heavy atom. The van der Waals surface area contributed by atoms with Crippen molar-refractivity contribution in [2.24, 2.45) is 0 Å². The molecule has 3 N–H and O–H groups in total. The minimum Gasteiger partial charge on any atom is -0.480 e. The van der Waals surface area contributed by atoms with Crippen LogP contribution in [0.15, 0.2) is 17.5 Å². The van der Waals surface area contributed by atoms with E-state index in [0.717, 1.165) is 0 Å². The Morgan fingerprint density at radius 1 is 1.58 bits per heavy atom. The molecule has 2 heterocycles. The molecule has 1 fully saturated rings. The van der Waals surface area contributed by atoms with E-state index in [-0.39, 0.29) is 11.9 Å². The van der Waals surface area contributed by atoms with Gasteiger partial charge in [0.15, 0.2) is 5.92 Å². The number of carboxylic acids is 1. The van der Waals surface area contributed by atoms with E-state index in [9.17, 15) is 14.4 Å². The topological polar surface area (TPSA) is 95.5 Å². The number of amides is 2. The molecule has 1 saturated heterocycles. The molecule has 0 saturated carbocycles. The SMILES string of the molecule is O=C(O)C(C(=O)NC1C(=O)NC1CBr)c1cccs1. The Kier molecular flexibility index (Phi) is 4.20. The minimum atomic E-state index is -1.27. The predicted octanol–water partition coefficient (Wildman–Crippen LogP) is 0.294. The van der Waals surface area contributed by atoms with Crippen LogP contribution >= 0.6 is 27.3 Å². The summed E-state index contributed by atoms with van der Waals surface area (Å²) >= 11 is 4.40. The number of thiophene rings is 1. The largest absolute Gasteiger partial charge is 0.480 e. The van der Waals surface area contributed by atoms with Gasteiger partial charge in [0, 0.05) is 10.2 Å². The summed E-state index contributed by atoms with van der Waals surface area (Å²) in [5, 5.41) is 16.4. The quantitative estimate of drug-likeness (QED) is 0.405. The summed E-state index contributed by atoms with van der Waals surface area (Å²) in [5.74, 6) is -3.46. The van der Waals surface area contributed by atoms with Crippen molar-refractivity contribution in [3.63, 3.8) is 0 Å². The van der Waals surface area contributed by atoms with Crippen molar-refractivity contribution in [1.82, 2.24) is 10.6 Å². The average molecular weight is 347 g/mol. The highest BCUT2D eigenvalue weighted by atomic mass is 79.9. The Bertz CT molecular complexity index is 505. The molecule has 0 aliphatic carbocycles. The van der Waals surface area contributed by atoms with Crippen LogP contribution in [0.3, 0.4) is 0 Å².